The number of anilines is 2. The van der Waals surface area contributed by atoms with E-state index in [1.165, 1.54) is 0 Å². The fourth-order valence-corrected chi connectivity index (χ4v) is 5.62. The lowest BCUT2D eigenvalue weighted by Gasteiger charge is -2.30. The van der Waals surface area contributed by atoms with Crippen LogP contribution in [0.1, 0.15) is 42.5 Å². The molecular weight excluding hydrogens is 486 g/mol. The second kappa shape index (κ2) is 10.5. The Bertz CT molecular complexity index is 1250. The maximum atomic E-state index is 14.0. The fraction of sp³-hybridized carbons (Fsp3) is 0.379. The molecule has 3 aromatic rings. The number of benzene rings is 2. The number of nitrogens with one attached hydrogen (secondary N) is 1. The van der Waals surface area contributed by atoms with Crippen LogP contribution in [-0.2, 0) is 17.8 Å². The maximum Gasteiger partial charge on any atom is 0.257 e. The number of ether oxygens (including phenoxy) is 1. The Hall–Kier alpha value is -3.39. The number of amides is 2. The van der Waals surface area contributed by atoms with Gasteiger partial charge in [0.05, 0.1) is 24.1 Å². The van der Waals surface area contributed by atoms with Gasteiger partial charge in [-0.05, 0) is 68.8 Å². The molecule has 194 valence electrons. The Morgan fingerprint density at radius 1 is 1.05 bits per heavy atom. The van der Waals surface area contributed by atoms with Gasteiger partial charge in [0.25, 0.3) is 5.91 Å². The second-order valence-electron chi connectivity index (χ2n) is 10.4. The van der Waals surface area contributed by atoms with Gasteiger partial charge in [-0.3, -0.25) is 9.59 Å². The topological polar surface area (TPSA) is 75.0 Å². The van der Waals surface area contributed by atoms with Crippen molar-refractivity contribution in [1.29, 1.82) is 0 Å². The lowest BCUT2D eigenvalue weighted by Crippen LogP contribution is -2.46. The van der Waals surface area contributed by atoms with Gasteiger partial charge in [0.1, 0.15) is 23.2 Å². The van der Waals surface area contributed by atoms with E-state index in [1.54, 1.807) is 17.2 Å². The highest BCUT2D eigenvalue weighted by Crippen LogP contribution is 2.31. The molecule has 0 saturated carbocycles. The molecule has 0 aliphatic carbocycles. The summed E-state index contributed by atoms with van der Waals surface area (Å²) >= 11 is 1.94. The molecule has 5 rings (SSSR count). The van der Waals surface area contributed by atoms with Crippen LogP contribution < -0.4 is 15.0 Å². The number of fused-ring (bicyclic) bond motifs is 1. The molecule has 0 spiro atoms. The van der Waals surface area contributed by atoms with Gasteiger partial charge in [-0.15, -0.1) is 0 Å². The van der Waals surface area contributed by atoms with Crippen molar-refractivity contribution in [3.8, 4) is 5.75 Å². The van der Waals surface area contributed by atoms with Crippen LogP contribution in [-0.4, -0.2) is 53.0 Å². The molecule has 2 aromatic carbocycles. The summed E-state index contributed by atoms with van der Waals surface area (Å²) < 4.78 is 11.5. The van der Waals surface area contributed by atoms with E-state index in [9.17, 15) is 9.59 Å². The molecule has 0 radical (unpaired) electrons. The number of rotatable bonds is 6. The molecule has 2 aliphatic rings. The van der Waals surface area contributed by atoms with Gasteiger partial charge < -0.3 is 24.3 Å². The van der Waals surface area contributed by atoms with Crippen molar-refractivity contribution in [2.45, 2.75) is 45.4 Å². The third-order valence-corrected chi connectivity index (χ3v) is 7.43. The summed E-state index contributed by atoms with van der Waals surface area (Å²) in [7, 11) is 0. The zero-order valence-electron chi connectivity index (χ0n) is 21.5. The van der Waals surface area contributed by atoms with Crippen LogP contribution in [0.5, 0.6) is 5.75 Å². The normalized spacial score (nSPS) is 18.3. The van der Waals surface area contributed by atoms with Gasteiger partial charge in [-0.1, -0.05) is 12.1 Å². The largest absolute Gasteiger partial charge is 0.488 e. The van der Waals surface area contributed by atoms with Crippen molar-refractivity contribution in [3.63, 3.8) is 0 Å². The van der Waals surface area contributed by atoms with E-state index in [0.717, 1.165) is 41.6 Å². The smallest absolute Gasteiger partial charge is 0.257 e. The molecule has 1 N–H and O–H groups in total. The minimum absolute atomic E-state index is 0.185. The van der Waals surface area contributed by atoms with Crippen molar-refractivity contribution in [3.05, 3.63) is 77.7 Å². The van der Waals surface area contributed by atoms with Crippen molar-refractivity contribution in [2.75, 3.05) is 34.8 Å². The Kier molecular flexibility index (Phi) is 7.20. The zero-order valence-corrected chi connectivity index (χ0v) is 22.3. The molecule has 0 unspecified atom stereocenters. The van der Waals surface area contributed by atoms with E-state index in [-0.39, 0.29) is 24.0 Å². The number of thioether (sulfide) groups is 1. The van der Waals surface area contributed by atoms with E-state index in [2.05, 4.69) is 10.2 Å². The van der Waals surface area contributed by atoms with Crippen molar-refractivity contribution >= 4 is 35.0 Å². The summed E-state index contributed by atoms with van der Waals surface area (Å²) in [5.74, 6) is 3.13. The first-order valence-electron chi connectivity index (χ1n) is 12.7. The molecular formula is C29H33N3O4S. The summed E-state index contributed by atoms with van der Waals surface area (Å²) in [6, 6.07) is 16.4. The van der Waals surface area contributed by atoms with E-state index >= 15 is 0 Å². The van der Waals surface area contributed by atoms with Gasteiger partial charge in [0, 0.05) is 36.7 Å². The lowest BCUT2D eigenvalue weighted by molar-refractivity contribution is -0.120. The fourth-order valence-electron chi connectivity index (χ4n) is 4.72. The van der Waals surface area contributed by atoms with Crippen LogP contribution in [0.3, 0.4) is 0 Å². The second-order valence-corrected chi connectivity index (χ2v) is 11.6. The monoisotopic (exact) mass is 519 g/mol. The highest BCUT2D eigenvalue weighted by molar-refractivity contribution is 7.99. The van der Waals surface area contributed by atoms with Crippen LogP contribution in [0.25, 0.3) is 0 Å². The number of furan rings is 1. The number of hydrogen-bond donors (Lipinski definition) is 1. The molecule has 8 heteroatoms. The molecule has 2 amide bonds. The average Bonchev–Trinajstić information content (AvgIpc) is 3.37. The predicted octanol–water partition coefficient (Wildman–Crippen LogP) is 5.22. The Labute approximate surface area is 222 Å². The minimum atomic E-state index is -0.700. The van der Waals surface area contributed by atoms with Gasteiger partial charge in [-0.25, -0.2) is 0 Å². The molecule has 1 atom stereocenters. The first-order chi connectivity index (χ1) is 17.8. The van der Waals surface area contributed by atoms with Crippen LogP contribution in [0.4, 0.5) is 11.4 Å². The number of hydrogen-bond acceptors (Lipinski definition) is 6. The van der Waals surface area contributed by atoms with Crippen molar-refractivity contribution in [1.82, 2.24) is 4.90 Å². The third-order valence-electron chi connectivity index (χ3n) is 6.49. The van der Waals surface area contributed by atoms with E-state index in [1.807, 2.05) is 81.1 Å². The van der Waals surface area contributed by atoms with Crippen LogP contribution in [0, 0.1) is 0 Å². The standard InChI is InChI=1S/C29H33N3O4S/c1-29(2,3)36-22-9-6-20(7-10-22)17-26-27(33)30-25-11-8-21(31-12-15-37-16-13-31)18-24(25)28(34)32(26)19-23-5-4-14-35-23/h4-11,14,18,26H,12-13,15-17,19H2,1-3H3,(H,30,33)/t26-/m0/s1. The lowest BCUT2D eigenvalue weighted by atomic mass is 10.0. The number of carbonyl (C=O) groups excluding carboxylic acids is 2. The van der Waals surface area contributed by atoms with Gasteiger partial charge in [0.15, 0.2) is 0 Å². The third kappa shape index (κ3) is 5.96. The summed E-state index contributed by atoms with van der Waals surface area (Å²) in [6.45, 7) is 8.10. The molecule has 1 fully saturated rings. The molecule has 0 bridgehead atoms. The quantitative estimate of drug-likeness (QED) is 0.482. The molecule has 7 nitrogen and oxygen atoms in total. The molecule has 2 aliphatic heterocycles. The number of carbonyl (C=O) groups is 2. The Morgan fingerprint density at radius 2 is 1.81 bits per heavy atom. The minimum Gasteiger partial charge on any atom is -0.488 e. The molecule has 37 heavy (non-hydrogen) atoms. The molecule has 3 heterocycles. The highest BCUT2D eigenvalue weighted by Gasteiger charge is 2.36. The van der Waals surface area contributed by atoms with Crippen molar-refractivity contribution < 1.29 is 18.7 Å². The highest BCUT2D eigenvalue weighted by atomic mass is 32.2. The average molecular weight is 520 g/mol. The van der Waals surface area contributed by atoms with Gasteiger partial charge in [0.2, 0.25) is 5.91 Å². The van der Waals surface area contributed by atoms with Gasteiger partial charge >= 0.3 is 0 Å². The predicted molar refractivity (Wildman–Crippen MR) is 148 cm³/mol. The van der Waals surface area contributed by atoms with E-state index in [0.29, 0.717) is 23.4 Å². The first-order valence-corrected chi connectivity index (χ1v) is 13.8. The van der Waals surface area contributed by atoms with Crippen LogP contribution in [0.15, 0.2) is 65.3 Å². The maximum absolute atomic E-state index is 14.0. The van der Waals surface area contributed by atoms with Crippen molar-refractivity contribution in [2.24, 2.45) is 0 Å². The summed E-state index contributed by atoms with van der Waals surface area (Å²) in [4.78, 5) is 31.5. The van der Waals surface area contributed by atoms with E-state index in [4.69, 9.17) is 9.15 Å². The molecule has 1 aromatic heterocycles. The Balaban J connectivity index is 1.45. The number of nitrogens with zero attached hydrogens (tertiary/aromatic N) is 2. The Morgan fingerprint density at radius 3 is 2.49 bits per heavy atom. The zero-order chi connectivity index (χ0) is 26.0. The van der Waals surface area contributed by atoms with Crippen LogP contribution in [0.2, 0.25) is 0 Å². The first kappa shape index (κ1) is 25.3. The summed E-state index contributed by atoms with van der Waals surface area (Å²) in [5.41, 5.74) is 2.70. The summed E-state index contributed by atoms with van der Waals surface area (Å²) in [6.07, 6.45) is 1.96. The SMILES string of the molecule is CC(C)(C)Oc1ccc(C[C@H]2C(=O)Nc3ccc(N4CCSCC4)cc3C(=O)N2Cc2ccco2)cc1. The molecule has 1 saturated heterocycles. The van der Waals surface area contributed by atoms with E-state index < -0.39 is 6.04 Å². The van der Waals surface area contributed by atoms with Gasteiger partial charge in [-0.2, -0.15) is 11.8 Å². The van der Waals surface area contributed by atoms with Crippen LogP contribution >= 0.6 is 11.8 Å². The summed E-state index contributed by atoms with van der Waals surface area (Å²) in [5, 5.41) is 3.03.